The Balaban J connectivity index is 2.19. The van der Waals surface area contributed by atoms with Crippen molar-refractivity contribution in [3.63, 3.8) is 0 Å². The molecule has 0 aliphatic carbocycles. The van der Waals surface area contributed by atoms with Crippen molar-refractivity contribution in [2.75, 3.05) is 0 Å². The highest BCUT2D eigenvalue weighted by molar-refractivity contribution is 7.99. The van der Waals surface area contributed by atoms with Gasteiger partial charge >= 0.3 is 0 Å². The van der Waals surface area contributed by atoms with E-state index in [2.05, 4.69) is 20.5 Å². The monoisotopic (exact) mass is 227 g/mol. The molecule has 2 heterocycles. The molecule has 0 aliphatic heterocycles. The largest absolute Gasteiger partial charge is 0.248 e. The van der Waals surface area contributed by atoms with Gasteiger partial charge in [0.2, 0.25) is 5.16 Å². The van der Waals surface area contributed by atoms with Crippen LogP contribution in [-0.4, -0.2) is 25.2 Å². The summed E-state index contributed by atoms with van der Waals surface area (Å²) in [6, 6.07) is 3.60. The first-order valence-corrected chi connectivity index (χ1v) is 4.97. The van der Waals surface area contributed by atoms with Crippen molar-refractivity contribution in [3.8, 4) is 0 Å². The van der Waals surface area contributed by atoms with E-state index in [1.54, 1.807) is 24.0 Å². The van der Waals surface area contributed by atoms with Crippen LogP contribution in [0.15, 0.2) is 28.5 Å². The molecule has 2 aromatic heterocycles. The number of rotatable bonds is 2. The molecule has 72 valence electrons. The van der Waals surface area contributed by atoms with Crippen LogP contribution in [0.5, 0.6) is 0 Å². The summed E-state index contributed by atoms with van der Waals surface area (Å²) in [5.74, 6) is 0. The van der Waals surface area contributed by atoms with E-state index in [-0.39, 0.29) is 0 Å². The number of hydrogen-bond acceptors (Lipinski definition) is 5. The van der Waals surface area contributed by atoms with E-state index < -0.39 is 0 Å². The molecule has 0 fully saturated rings. The summed E-state index contributed by atoms with van der Waals surface area (Å²) in [6.45, 7) is 0. The lowest BCUT2D eigenvalue weighted by Crippen LogP contribution is -1.93. The van der Waals surface area contributed by atoms with E-state index in [9.17, 15) is 0 Å². The predicted octanol–water partition coefficient (Wildman–Crippen LogP) is 1.41. The average Bonchev–Trinajstić information content (AvgIpc) is 2.56. The van der Waals surface area contributed by atoms with Gasteiger partial charge in [-0.25, -0.2) is 9.67 Å². The summed E-state index contributed by atoms with van der Waals surface area (Å²) < 4.78 is 1.58. The van der Waals surface area contributed by atoms with Gasteiger partial charge in [0.15, 0.2) is 0 Å². The van der Waals surface area contributed by atoms with Crippen molar-refractivity contribution in [2.24, 2.45) is 7.05 Å². The van der Waals surface area contributed by atoms with Crippen molar-refractivity contribution >= 4 is 23.4 Å². The van der Waals surface area contributed by atoms with Gasteiger partial charge in [0.05, 0.1) is 5.02 Å². The molecular weight excluding hydrogens is 222 g/mol. The Morgan fingerprint density at radius 2 is 2.29 bits per heavy atom. The van der Waals surface area contributed by atoms with E-state index >= 15 is 0 Å². The number of hydrogen-bond donors (Lipinski definition) is 0. The lowest BCUT2D eigenvalue weighted by molar-refractivity contribution is 0.664. The third-order valence-corrected chi connectivity index (χ3v) is 2.68. The predicted molar refractivity (Wildman–Crippen MR) is 52.2 cm³/mol. The molecular formula is C7H6ClN5S. The number of nitrogens with zero attached hydrogens (tertiary/aromatic N) is 5. The molecule has 0 aliphatic rings. The Morgan fingerprint density at radius 1 is 1.43 bits per heavy atom. The van der Waals surface area contributed by atoms with Crippen LogP contribution in [-0.2, 0) is 7.05 Å². The summed E-state index contributed by atoms with van der Waals surface area (Å²) in [4.78, 5) is 4.12. The van der Waals surface area contributed by atoms with Crippen LogP contribution in [0.2, 0.25) is 5.02 Å². The van der Waals surface area contributed by atoms with E-state index in [1.165, 1.54) is 11.8 Å². The van der Waals surface area contributed by atoms with Gasteiger partial charge in [0, 0.05) is 13.2 Å². The third-order valence-electron chi connectivity index (χ3n) is 1.48. The van der Waals surface area contributed by atoms with Gasteiger partial charge < -0.3 is 0 Å². The molecule has 0 saturated carbocycles. The zero-order chi connectivity index (χ0) is 9.97. The minimum Gasteiger partial charge on any atom is -0.248 e. The first kappa shape index (κ1) is 9.42. The van der Waals surface area contributed by atoms with Gasteiger partial charge in [0.25, 0.3) is 0 Å². The van der Waals surface area contributed by atoms with E-state index in [4.69, 9.17) is 11.6 Å². The van der Waals surface area contributed by atoms with E-state index in [0.717, 1.165) is 5.03 Å². The van der Waals surface area contributed by atoms with Gasteiger partial charge in [-0.15, -0.1) is 5.10 Å². The molecule has 14 heavy (non-hydrogen) atoms. The summed E-state index contributed by atoms with van der Waals surface area (Å²) in [6.07, 6.45) is 1.59. The van der Waals surface area contributed by atoms with Gasteiger partial charge in [0.1, 0.15) is 5.03 Å². The van der Waals surface area contributed by atoms with E-state index in [0.29, 0.717) is 10.2 Å². The van der Waals surface area contributed by atoms with Crippen LogP contribution in [0.3, 0.4) is 0 Å². The maximum absolute atomic E-state index is 5.71. The average molecular weight is 228 g/mol. The second kappa shape index (κ2) is 3.93. The minimum atomic E-state index is 0.616. The normalized spacial score (nSPS) is 10.4. The topological polar surface area (TPSA) is 56.5 Å². The minimum absolute atomic E-state index is 0.616. The SMILES string of the molecule is Cn1nnnc1Sc1ccc(Cl)cn1. The Kier molecular flexibility index (Phi) is 2.64. The molecule has 0 spiro atoms. The summed E-state index contributed by atoms with van der Waals surface area (Å²) in [7, 11) is 1.78. The number of aromatic nitrogens is 5. The zero-order valence-corrected chi connectivity index (χ0v) is 8.83. The molecule has 0 atom stereocenters. The number of tetrazole rings is 1. The summed E-state index contributed by atoms with van der Waals surface area (Å²) in [5, 5.41) is 13.2. The number of halogens is 1. The maximum atomic E-state index is 5.71. The van der Waals surface area contributed by atoms with Gasteiger partial charge in [-0.05, 0) is 34.3 Å². The molecule has 0 bridgehead atoms. The molecule has 0 amide bonds. The second-order valence-electron chi connectivity index (χ2n) is 2.50. The van der Waals surface area contributed by atoms with Crippen molar-refractivity contribution in [2.45, 2.75) is 10.2 Å². The highest BCUT2D eigenvalue weighted by Crippen LogP contribution is 2.23. The highest BCUT2D eigenvalue weighted by Gasteiger charge is 2.05. The molecule has 0 saturated heterocycles. The fourth-order valence-electron chi connectivity index (χ4n) is 0.824. The Labute approximate surface area is 89.5 Å². The smallest absolute Gasteiger partial charge is 0.215 e. The lowest BCUT2D eigenvalue weighted by atomic mass is 10.5. The van der Waals surface area contributed by atoms with Crippen LogP contribution in [0, 0.1) is 0 Å². The second-order valence-corrected chi connectivity index (χ2v) is 3.93. The van der Waals surface area contributed by atoms with Crippen molar-refractivity contribution in [1.82, 2.24) is 25.2 Å². The van der Waals surface area contributed by atoms with Gasteiger partial charge in [-0.1, -0.05) is 11.6 Å². The van der Waals surface area contributed by atoms with Crippen molar-refractivity contribution in [3.05, 3.63) is 23.4 Å². The fourth-order valence-corrected chi connectivity index (χ4v) is 1.61. The lowest BCUT2D eigenvalue weighted by Gasteiger charge is -1.97. The maximum Gasteiger partial charge on any atom is 0.215 e. The molecule has 2 aromatic rings. The summed E-state index contributed by atoms with van der Waals surface area (Å²) >= 11 is 7.09. The highest BCUT2D eigenvalue weighted by atomic mass is 35.5. The molecule has 0 N–H and O–H groups in total. The Hall–Kier alpha value is -1.14. The Bertz CT molecular complexity index is 426. The molecule has 0 radical (unpaired) electrons. The standard InChI is InChI=1S/C7H6ClN5S/c1-13-7(10-11-12-13)14-6-3-2-5(8)4-9-6/h2-4H,1H3. The van der Waals surface area contributed by atoms with Crippen LogP contribution in [0.25, 0.3) is 0 Å². The fraction of sp³-hybridized carbons (Fsp3) is 0.143. The quantitative estimate of drug-likeness (QED) is 0.777. The first-order valence-electron chi connectivity index (χ1n) is 3.77. The Morgan fingerprint density at radius 3 is 2.86 bits per heavy atom. The van der Waals surface area contributed by atoms with Crippen LogP contribution in [0.1, 0.15) is 0 Å². The van der Waals surface area contributed by atoms with Gasteiger partial charge in [-0.2, -0.15) is 0 Å². The molecule has 5 nitrogen and oxygen atoms in total. The van der Waals surface area contributed by atoms with Crippen LogP contribution >= 0.6 is 23.4 Å². The van der Waals surface area contributed by atoms with Crippen molar-refractivity contribution in [1.29, 1.82) is 0 Å². The van der Waals surface area contributed by atoms with Crippen LogP contribution < -0.4 is 0 Å². The van der Waals surface area contributed by atoms with Crippen LogP contribution in [0.4, 0.5) is 0 Å². The zero-order valence-electron chi connectivity index (χ0n) is 7.25. The number of pyridine rings is 1. The molecule has 0 aromatic carbocycles. The molecule has 7 heteroatoms. The third kappa shape index (κ3) is 2.02. The molecule has 2 rings (SSSR count). The van der Waals surface area contributed by atoms with E-state index in [1.807, 2.05) is 6.07 Å². The first-order chi connectivity index (χ1) is 6.75. The summed E-state index contributed by atoms with van der Waals surface area (Å²) in [5.41, 5.74) is 0. The van der Waals surface area contributed by atoms with Crippen molar-refractivity contribution < 1.29 is 0 Å². The molecule has 0 unspecified atom stereocenters. The van der Waals surface area contributed by atoms with Gasteiger partial charge in [-0.3, -0.25) is 0 Å². The number of aryl methyl sites for hydroxylation is 1.